The van der Waals surface area contributed by atoms with Gasteiger partial charge in [-0.05, 0) is 55.5 Å². The molecule has 4 heterocycles. The lowest BCUT2D eigenvalue weighted by atomic mass is 9.92. The van der Waals surface area contributed by atoms with E-state index in [9.17, 15) is 19.7 Å². The molecular formula is C27H26FN7O4S. The molecule has 0 unspecified atom stereocenters. The van der Waals surface area contributed by atoms with Crippen molar-refractivity contribution in [2.45, 2.75) is 56.1 Å². The molecule has 2 fully saturated rings. The van der Waals surface area contributed by atoms with E-state index < -0.39 is 37.1 Å². The van der Waals surface area contributed by atoms with E-state index in [2.05, 4.69) is 25.4 Å². The predicted octanol–water partition coefficient (Wildman–Crippen LogP) is 2.86. The number of aliphatic hydroxyl groups is 3. The zero-order valence-electron chi connectivity index (χ0n) is 21.4. The van der Waals surface area contributed by atoms with Crippen LogP contribution in [-0.2, 0) is 4.74 Å². The quantitative estimate of drug-likeness (QED) is 0.284. The SMILES string of the molecule is Cc1nc2ccc(-n3ncnc3[C@@H]3O[C@H](CO)[C@H](O)[C@H](n4cc(-c5ccc(C6CC6)c(F)c5)nn4)[C@H]3O)cc2s1. The van der Waals surface area contributed by atoms with E-state index in [-0.39, 0.29) is 11.7 Å². The maximum atomic E-state index is 14.7. The summed E-state index contributed by atoms with van der Waals surface area (Å²) in [5, 5.41) is 46.2. The number of aromatic nitrogens is 7. The van der Waals surface area contributed by atoms with Gasteiger partial charge < -0.3 is 20.1 Å². The van der Waals surface area contributed by atoms with Crippen LogP contribution < -0.4 is 0 Å². The minimum absolute atomic E-state index is 0.277. The van der Waals surface area contributed by atoms with E-state index in [1.54, 1.807) is 34.3 Å². The van der Waals surface area contributed by atoms with Gasteiger partial charge >= 0.3 is 0 Å². The summed E-state index contributed by atoms with van der Waals surface area (Å²) in [4.78, 5) is 8.86. The molecule has 0 spiro atoms. The fraction of sp³-hybridized carbons (Fsp3) is 0.370. The number of ether oxygens (including phenoxy) is 1. The first-order valence-electron chi connectivity index (χ1n) is 13.0. The zero-order valence-corrected chi connectivity index (χ0v) is 22.2. The highest BCUT2D eigenvalue weighted by atomic mass is 32.1. The Morgan fingerprint density at radius 3 is 2.75 bits per heavy atom. The van der Waals surface area contributed by atoms with Gasteiger partial charge in [0.05, 0.1) is 33.7 Å². The molecule has 5 atom stereocenters. The van der Waals surface area contributed by atoms with Gasteiger partial charge in [0.25, 0.3) is 0 Å². The number of rotatable bonds is 6. The highest BCUT2D eigenvalue weighted by Gasteiger charge is 2.48. The van der Waals surface area contributed by atoms with Crippen LogP contribution in [0.1, 0.15) is 47.3 Å². The van der Waals surface area contributed by atoms with Gasteiger partial charge in [-0.15, -0.1) is 16.4 Å². The van der Waals surface area contributed by atoms with E-state index >= 15 is 0 Å². The van der Waals surface area contributed by atoms with Crippen LogP contribution in [0.25, 0.3) is 27.2 Å². The van der Waals surface area contributed by atoms with Gasteiger partial charge in [-0.2, -0.15) is 5.10 Å². The second kappa shape index (κ2) is 9.78. The van der Waals surface area contributed by atoms with Crippen LogP contribution in [0, 0.1) is 12.7 Å². The number of nitrogens with zero attached hydrogens (tertiary/aromatic N) is 7. The summed E-state index contributed by atoms with van der Waals surface area (Å²) in [5.41, 5.74) is 3.19. The standard InChI is InChI=1S/C27H26FN7O4S/c1-13-31-19-7-5-16(9-22(19)40-13)35-27(29-12-30-35)26-25(38)23(24(37)21(11-36)39-26)34-10-20(32-33-34)15-4-6-17(14-2-3-14)18(28)8-15/h4-10,12,14,21,23-26,36-38H,2-3,11H2,1H3/t21-,23+,24+,25-,26-/m1/s1. The minimum Gasteiger partial charge on any atom is -0.394 e. The van der Waals surface area contributed by atoms with Crippen LogP contribution in [-0.4, -0.2) is 75.0 Å². The lowest BCUT2D eigenvalue weighted by Crippen LogP contribution is -2.53. The molecule has 7 rings (SSSR count). The first-order chi connectivity index (χ1) is 19.4. The van der Waals surface area contributed by atoms with E-state index in [1.807, 2.05) is 25.1 Å². The zero-order chi connectivity index (χ0) is 27.5. The number of aliphatic hydroxyl groups excluding tert-OH is 3. The normalized spacial score (nSPS) is 25.1. The van der Waals surface area contributed by atoms with Gasteiger partial charge in [0, 0.05) is 5.56 Å². The monoisotopic (exact) mass is 563 g/mol. The number of benzene rings is 2. The molecule has 3 aromatic heterocycles. The van der Waals surface area contributed by atoms with Crippen LogP contribution in [0.15, 0.2) is 48.9 Å². The first kappa shape index (κ1) is 25.4. The van der Waals surface area contributed by atoms with Gasteiger partial charge in [0.2, 0.25) is 0 Å². The number of aryl methyl sites for hydroxylation is 1. The van der Waals surface area contributed by atoms with E-state index in [1.165, 1.54) is 17.1 Å². The molecule has 1 aliphatic heterocycles. The molecule has 5 aromatic rings. The van der Waals surface area contributed by atoms with Crippen LogP contribution in [0.3, 0.4) is 0 Å². The first-order valence-corrected chi connectivity index (χ1v) is 13.8. The molecule has 40 heavy (non-hydrogen) atoms. The molecule has 206 valence electrons. The maximum absolute atomic E-state index is 14.7. The Balaban J connectivity index is 1.22. The molecule has 2 aliphatic rings. The van der Waals surface area contributed by atoms with Gasteiger partial charge in [-0.3, -0.25) is 0 Å². The van der Waals surface area contributed by atoms with Gasteiger partial charge in [0.15, 0.2) is 5.82 Å². The Morgan fingerprint density at radius 2 is 1.98 bits per heavy atom. The molecule has 1 saturated carbocycles. The maximum Gasteiger partial charge on any atom is 0.163 e. The highest BCUT2D eigenvalue weighted by molar-refractivity contribution is 7.18. The largest absolute Gasteiger partial charge is 0.394 e. The van der Waals surface area contributed by atoms with Crippen molar-refractivity contribution < 1.29 is 24.4 Å². The molecular weight excluding hydrogens is 537 g/mol. The Kier molecular flexibility index (Phi) is 6.20. The summed E-state index contributed by atoms with van der Waals surface area (Å²) >= 11 is 1.55. The summed E-state index contributed by atoms with van der Waals surface area (Å²) in [6.45, 7) is 1.43. The average Bonchev–Trinajstić information content (AvgIpc) is 3.31. The Bertz CT molecular complexity index is 1700. The second-order valence-electron chi connectivity index (χ2n) is 10.3. The Labute approximate surface area is 231 Å². The molecule has 11 nitrogen and oxygen atoms in total. The molecule has 2 aromatic carbocycles. The summed E-state index contributed by atoms with van der Waals surface area (Å²) < 4.78 is 24.5. The Morgan fingerprint density at radius 1 is 1.12 bits per heavy atom. The van der Waals surface area contributed by atoms with Crippen molar-refractivity contribution in [3.05, 3.63) is 71.1 Å². The second-order valence-corrected chi connectivity index (χ2v) is 11.5. The summed E-state index contributed by atoms with van der Waals surface area (Å²) in [6.07, 6.45) is 0.136. The van der Waals surface area contributed by atoms with Crippen molar-refractivity contribution in [2.24, 2.45) is 0 Å². The van der Waals surface area contributed by atoms with Crippen LogP contribution in [0.2, 0.25) is 0 Å². The van der Waals surface area contributed by atoms with Crippen molar-refractivity contribution in [3.8, 4) is 16.9 Å². The third-order valence-corrected chi connectivity index (χ3v) is 8.51. The predicted molar refractivity (Wildman–Crippen MR) is 142 cm³/mol. The topological polar surface area (TPSA) is 144 Å². The van der Waals surface area contributed by atoms with Gasteiger partial charge in [0.1, 0.15) is 48.3 Å². The lowest BCUT2D eigenvalue weighted by Gasteiger charge is -2.41. The average molecular weight is 564 g/mol. The molecule has 0 radical (unpaired) electrons. The molecule has 13 heteroatoms. The molecule has 3 N–H and O–H groups in total. The van der Waals surface area contributed by atoms with E-state index in [4.69, 9.17) is 4.74 Å². The minimum atomic E-state index is -1.33. The third-order valence-electron chi connectivity index (χ3n) is 7.57. The molecule has 0 amide bonds. The van der Waals surface area contributed by atoms with Gasteiger partial charge in [-0.1, -0.05) is 17.3 Å². The highest BCUT2D eigenvalue weighted by Crippen LogP contribution is 2.42. The smallest absolute Gasteiger partial charge is 0.163 e. The van der Waals surface area contributed by atoms with E-state index in [0.717, 1.165) is 28.1 Å². The number of hydrogen-bond acceptors (Lipinski definition) is 10. The Hall–Kier alpha value is -3.62. The van der Waals surface area contributed by atoms with Crippen molar-refractivity contribution in [1.29, 1.82) is 0 Å². The van der Waals surface area contributed by atoms with Crippen LogP contribution in [0.4, 0.5) is 4.39 Å². The summed E-state index contributed by atoms with van der Waals surface area (Å²) in [6, 6.07) is 9.63. The lowest BCUT2D eigenvalue weighted by molar-refractivity contribution is -0.210. The van der Waals surface area contributed by atoms with Crippen LogP contribution >= 0.6 is 11.3 Å². The number of hydrogen-bond donors (Lipinski definition) is 3. The van der Waals surface area contributed by atoms with Crippen molar-refractivity contribution in [1.82, 2.24) is 34.7 Å². The van der Waals surface area contributed by atoms with Crippen LogP contribution in [0.5, 0.6) is 0 Å². The van der Waals surface area contributed by atoms with Crippen molar-refractivity contribution in [2.75, 3.05) is 6.61 Å². The van der Waals surface area contributed by atoms with Crippen molar-refractivity contribution >= 4 is 21.6 Å². The summed E-state index contributed by atoms with van der Waals surface area (Å²) in [5.74, 6) is 0.285. The third kappa shape index (κ3) is 4.30. The molecule has 1 aliphatic carbocycles. The molecule has 0 bridgehead atoms. The number of thiazole rings is 1. The number of halogens is 1. The molecule has 1 saturated heterocycles. The fourth-order valence-electron chi connectivity index (χ4n) is 5.40. The van der Waals surface area contributed by atoms with E-state index in [0.29, 0.717) is 28.3 Å². The van der Waals surface area contributed by atoms with Crippen molar-refractivity contribution in [3.63, 3.8) is 0 Å². The summed E-state index contributed by atoms with van der Waals surface area (Å²) in [7, 11) is 0. The fourth-order valence-corrected chi connectivity index (χ4v) is 6.26. The number of fused-ring (bicyclic) bond motifs is 1. The van der Waals surface area contributed by atoms with Gasteiger partial charge in [-0.25, -0.2) is 23.7 Å².